The smallest absolute Gasteiger partial charge is 0.271 e. The Kier molecular flexibility index (Phi) is 6.23. The molecule has 0 fully saturated rings. The van der Waals surface area contributed by atoms with Crippen LogP contribution in [0.25, 0.3) is 0 Å². The molecule has 1 aromatic heterocycles. The first-order valence-corrected chi connectivity index (χ1v) is 9.64. The molecule has 0 aliphatic heterocycles. The van der Waals surface area contributed by atoms with Crippen LogP contribution in [0.3, 0.4) is 0 Å². The first-order chi connectivity index (χ1) is 12.5. The van der Waals surface area contributed by atoms with Crippen LogP contribution in [-0.4, -0.2) is 17.2 Å². The minimum atomic E-state index is -0.421. The zero-order valence-electron chi connectivity index (χ0n) is 13.1. The largest absolute Gasteiger partial charge is 0.507 e. The topological polar surface area (TPSA) is 74.8 Å². The average molecular weight is 499 g/mol. The van der Waals surface area contributed by atoms with Gasteiger partial charge in [-0.3, -0.25) is 4.79 Å². The van der Waals surface area contributed by atoms with E-state index in [4.69, 9.17) is 16.0 Å². The van der Waals surface area contributed by atoms with Gasteiger partial charge in [-0.25, -0.2) is 5.43 Å². The van der Waals surface area contributed by atoms with Crippen LogP contribution >= 0.6 is 46.0 Å². The number of nitrogens with zero attached hydrogens (tertiary/aromatic N) is 1. The quantitative estimate of drug-likeness (QED) is 0.290. The summed E-state index contributed by atoms with van der Waals surface area (Å²) in [7, 11) is 0. The highest BCUT2D eigenvalue weighted by atomic mass is 127. The van der Waals surface area contributed by atoms with Crippen molar-refractivity contribution in [3.8, 4) is 5.75 Å². The predicted molar refractivity (Wildman–Crippen MR) is 110 cm³/mol. The van der Waals surface area contributed by atoms with Gasteiger partial charge in [0.2, 0.25) is 0 Å². The van der Waals surface area contributed by atoms with Crippen LogP contribution in [0.4, 0.5) is 0 Å². The Bertz CT molecular complexity index is 957. The second-order valence-electron chi connectivity index (χ2n) is 5.08. The van der Waals surface area contributed by atoms with Crippen LogP contribution in [0, 0.1) is 3.57 Å². The van der Waals surface area contributed by atoms with Gasteiger partial charge in [0.15, 0.2) is 5.09 Å². The van der Waals surface area contributed by atoms with E-state index < -0.39 is 5.91 Å². The van der Waals surface area contributed by atoms with Gasteiger partial charge in [-0.1, -0.05) is 23.4 Å². The summed E-state index contributed by atoms with van der Waals surface area (Å²) in [6.45, 7) is 0. The van der Waals surface area contributed by atoms with E-state index in [2.05, 4.69) is 10.5 Å². The summed E-state index contributed by atoms with van der Waals surface area (Å²) in [5, 5.41) is 14.9. The number of nitrogens with one attached hydrogen (secondary N) is 1. The summed E-state index contributed by atoms with van der Waals surface area (Å²) in [4.78, 5) is 13.0. The van der Waals surface area contributed by atoms with Crippen molar-refractivity contribution < 1.29 is 14.3 Å². The lowest BCUT2D eigenvalue weighted by Gasteiger charge is -2.01. The molecule has 8 heteroatoms. The molecule has 0 bridgehead atoms. The molecule has 0 saturated carbocycles. The fourth-order valence-corrected chi connectivity index (χ4v) is 3.19. The molecule has 0 radical (unpaired) electrons. The Balaban J connectivity index is 1.58. The molecule has 2 aromatic carbocycles. The molecule has 0 atom stereocenters. The highest BCUT2D eigenvalue weighted by Crippen LogP contribution is 2.29. The van der Waals surface area contributed by atoms with Crippen molar-refractivity contribution in [1.82, 2.24) is 5.43 Å². The Morgan fingerprint density at radius 3 is 2.69 bits per heavy atom. The van der Waals surface area contributed by atoms with E-state index in [1.165, 1.54) is 24.0 Å². The molecule has 3 aromatic rings. The van der Waals surface area contributed by atoms with Gasteiger partial charge in [0.1, 0.15) is 11.5 Å². The van der Waals surface area contributed by atoms with Crippen molar-refractivity contribution in [1.29, 1.82) is 0 Å². The molecular weight excluding hydrogens is 487 g/mol. The maximum Gasteiger partial charge on any atom is 0.271 e. The van der Waals surface area contributed by atoms with Gasteiger partial charge in [0, 0.05) is 15.5 Å². The van der Waals surface area contributed by atoms with Crippen LogP contribution in [0.2, 0.25) is 5.02 Å². The zero-order valence-corrected chi connectivity index (χ0v) is 16.9. The summed E-state index contributed by atoms with van der Waals surface area (Å²) in [6, 6.07) is 15.7. The molecule has 1 amide bonds. The number of hydrogen-bond acceptors (Lipinski definition) is 5. The molecular formula is C18H12ClIN2O3S. The predicted octanol–water partition coefficient (Wildman–Crippen LogP) is 5.16. The van der Waals surface area contributed by atoms with Crippen molar-refractivity contribution >= 4 is 58.1 Å². The normalized spacial score (nSPS) is 11.0. The van der Waals surface area contributed by atoms with Gasteiger partial charge < -0.3 is 9.52 Å². The molecule has 0 spiro atoms. The molecule has 26 heavy (non-hydrogen) atoms. The summed E-state index contributed by atoms with van der Waals surface area (Å²) < 4.78 is 6.30. The number of phenolic OH excluding ortho intramolecular Hbond substituents is 1. The van der Waals surface area contributed by atoms with Crippen LogP contribution in [0.5, 0.6) is 5.75 Å². The fraction of sp³-hybridized carbons (Fsp3) is 0. The number of rotatable bonds is 5. The second-order valence-corrected chi connectivity index (χ2v) is 7.75. The van der Waals surface area contributed by atoms with Gasteiger partial charge in [-0.15, -0.1) is 0 Å². The van der Waals surface area contributed by atoms with Crippen molar-refractivity contribution in [3.63, 3.8) is 0 Å². The third-order valence-corrected chi connectivity index (χ3v) is 5.29. The monoisotopic (exact) mass is 498 g/mol. The third kappa shape index (κ3) is 5.03. The van der Waals surface area contributed by atoms with E-state index in [-0.39, 0.29) is 5.75 Å². The standard InChI is InChI=1S/C18H12ClIN2O3S/c19-12-2-5-14(6-3-12)26-17-8-4-13(25-17)10-21-22-18(24)11-1-7-15(20)16(23)9-11/h1-10,23H,(H,22,24)/b21-10+. The first kappa shape index (κ1) is 18.8. The Morgan fingerprint density at radius 1 is 1.19 bits per heavy atom. The number of furan rings is 1. The Labute approximate surface area is 172 Å². The first-order valence-electron chi connectivity index (χ1n) is 7.36. The van der Waals surface area contributed by atoms with E-state index in [9.17, 15) is 9.90 Å². The molecule has 0 unspecified atom stereocenters. The Hall–Kier alpha value is -1.97. The summed E-state index contributed by atoms with van der Waals surface area (Å²) in [5.74, 6) is 0.139. The second kappa shape index (κ2) is 8.61. The number of phenols is 1. The van der Waals surface area contributed by atoms with E-state index >= 15 is 0 Å². The number of hydrogen-bond donors (Lipinski definition) is 2. The number of carbonyl (C=O) groups excluding carboxylic acids is 1. The highest BCUT2D eigenvalue weighted by Gasteiger charge is 2.07. The number of aromatic hydroxyl groups is 1. The van der Waals surface area contributed by atoms with Gasteiger partial charge in [0.05, 0.1) is 9.78 Å². The molecule has 1 heterocycles. The van der Waals surface area contributed by atoms with Crippen LogP contribution in [0.15, 0.2) is 74.1 Å². The summed E-state index contributed by atoms with van der Waals surface area (Å²) in [6.07, 6.45) is 1.41. The molecule has 132 valence electrons. The zero-order chi connectivity index (χ0) is 18.5. The maximum atomic E-state index is 12.0. The van der Waals surface area contributed by atoms with Crippen molar-refractivity contribution in [3.05, 3.63) is 74.5 Å². The minimum Gasteiger partial charge on any atom is -0.507 e. The van der Waals surface area contributed by atoms with Gasteiger partial charge >= 0.3 is 0 Å². The number of carbonyl (C=O) groups is 1. The number of benzene rings is 2. The molecule has 0 saturated heterocycles. The lowest BCUT2D eigenvalue weighted by Crippen LogP contribution is -2.17. The summed E-state index contributed by atoms with van der Waals surface area (Å²) >= 11 is 9.30. The maximum absolute atomic E-state index is 12.0. The third-order valence-electron chi connectivity index (χ3n) is 3.20. The van der Waals surface area contributed by atoms with Crippen molar-refractivity contribution in [2.24, 2.45) is 5.10 Å². The van der Waals surface area contributed by atoms with Gasteiger partial charge in [0.25, 0.3) is 5.91 Å². The van der Waals surface area contributed by atoms with Gasteiger partial charge in [-0.2, -0.15) is 5.10 Å². The summed E-state index contributed by atoms with van der Waals surface area (Å²) in [5.41, 5.74) is 2.71. The number of hydrazone groups is 1. The SMILES string of the molecule is O=C(N/N=C/c1ccc(Sc2ccc(Cl)cc2)o1)c1ccc(I)c(O)c1. The average Bonchev–Trinajstić information content (AvgIpc) is 3.06. The minimum absolute atomic E-state index is 0.0529. The molecule has 5 nitrogen and oxygen atoms in total. The van der Waals surface area contributed by atoms with Crippen LogP contribution < -0.4 is 5.43 Å². The molecule has 0 aliphatic rings. The van der Waals surface area contributed by atoms with E-state index in [0.29, 0.717) is 25.0 Å². The molecule has 3 rings (SSSR count). The van der Waals surface area contributed by atoms with E-state index in [1.807, 2.05) is 52.9 Å². The van der Waals surface area contributed by atoms with E-state index in [1.54, 1.807) is 18.2 Å². The van der Waals surface area contributed by atoms with Crippen LogP contribution in [0.1, 0.15) is 16.1 Å². The van der Waals surface area contributed by atoms with E-state index in [0.717, 1.165) is 4.90 Å². The van der Waals surface area contributed by atoms with Crippen LogP contribution in [-0.2, 0) is 0 Å². The molecule has 2 N–H and O–H groups in total. The lowest BCUT2D eigenvalue weighted by atomic mass is 10.2. The van der Waals surface area contributed by atoms with Crippen molar-refractivity contribution in [2.45, 2.75) is 9.99 Å². The number of halogens is 2. The molecule has 0 aliphatic carbocycles. The fourth-order valence-electron chi connectivity index (χ4n) is 1.95. The number of amides is 1. The lowest BCUT2D eigenvalue weighted by molar-refractivity contribution is 0.0954. The highest BCUT2D eigenvalue weighted by molar-refractivity contribution is 14.1. The van der Waals surface area contributed by atoms with Crippen molar-refractivity contribution in [2.75, 3.05) is 0 Å². The Morgan fingerprint density at radius 2 is 1.96 bits per heavy atom. The van der Waals surface area contributed by atoms with Gasteiger partial charge in [-0.05, 0) is 77.2 Å².